The summed E-state index contributed by atoms with van der Waals surface area (Å²) >= 11 is 0. The summed E-state index contributed by atoms with van der Waals surface area (Å²) in [5, 5.41) is 39.5. The van der Waals surface area contributed by atoms with Crippen LogP contribution in [-0.2, 0) is 0 Å². The van der Waals surface area contributed by atoms with E-state index in [1.54, 1.807) is 0 Å². The molecule has 2 aromatic heterocycles. The summed E-state index contributed by atoms with van der Waals surface area (Å²) in [6.45, 7) is 2.60. The monoisotopic (exact) mass is 697 g/mol. The smallest absolute Gasteiger partial charge is 0.341 e. The number of pyridine rings is 1. The van der Waals surface area contributed by atoms with E-state index in [0.717, 1.165) is 12.3 Å². The van der Waals surface area contributed by atoms with Crippen LogP contribution in [0, 0.1) is 11.6 Å². The number of fused-ring (bicyclic) bond motifs is 2. The SMILES string of the molecule is O=C(O)c1cn(-c2ccc(F)cc2)c2cc(N3CCN(CCOc4cc(O)c5c(=O)cc(-c6ccc(O)c(O)c6)oc5c4)CC3)c(F)cc2c1=O. The first kappa shape index (κ1) is 33.1. The number of aromatic hydroxyl groups is 3. The van der Waals surface area contributed by atoms with Gasteiger partial charge in [0.25, 0.3) is 0 Å². The van der Waals surface area contributed by atoms with Gasteiger partial charge >= 0.3 is 5.97 Å². The van der Waals surface area contributed by atoms with E-state index in [2.05, 4.69) is 4.90 Å². The molecule has 0 amide bonds. The molecule has 0 atom stereocenters. The minimum atomic E-state index is -1.46. The van der Waals surface area contributed by atoms with Crippen LogP contribution >= 0.6 is 0 Å². The summed E-state index contributed by atoms with van der Waals surface area (Å²) in [6, 6.07) is 15.8. The molecule has 1 saturated heterocycles. The van der Waals surface area contributed by atoms with Gasteiger partial charge < -0.3 is 39.0 Å². The zero-order valence-electron chi connectivity index (χ0n) is 26.7. The van der Waals surface area contributed by atoms with Crippen LogP contribution in [-0.4, -0.2) is 75.2 Å². The highest BCUT2D eigenvalue weighted by Gasteiger charge is 2.23. The molecule has 4 N–H and O–H groups in total. The Kier molecular flexibility index (Phi) is 8.53. The zero-order valence-corrected chi connectivity index (χ0v) is 26.7. The summed E-state index contributed by atoms with van der Waals surface area (Å²) < 4.78 is 42.4. The van der Waals surface area contributed by atoms with Gasteiger partial charge in [-0.2, -0.15) is 0 Å². The Morgan fingerprint density at radius 1 is 0.843 bits per heavy atom. The van der Waals surface area contributed by atoms with Crippen LogP contribution in [0.1, 0.15) is 10.4 Å². The molecule has 260 valence electrons. The van der Waals surface area contributed by atoms with E-state index in [9.17, 15) is 39.2 Å². The molecule has 0 bridgehead atoms. The Balaban J connectivity index is 1.05. The Morgan fingerprint density at radius 3 is 2.29 bits per heavy atom. The highest BCUT2D eigenvalue weighted by molar-refractivity contribution is 5.94. The summed E-state index contributed by atoms with van der Waals surface area (Å²) in [7, 11) is 0. The molecule has 1 fully saturated rings. The highest BCUT2D eigenvalue weighted by Crippen LogP contribution is 2.34. The van der Waals surface area contributed by atoms with Gasteiger partial charge in [-0.1, -0.05) is 0 Å². The van der Waals surface area contributed by atoms with E-state index in [1.807, 2.05) is 4.90 Å². The predicted octanol–water partition coefficient (Wildman–Crippen LogP) is 5.06. The van der Waals surface area contributed by atoms with Gasteiger partial charge in [0.2, 0.25) is 5.43 Å². The van der Waals surface area contributed by atoms with Crippen LogP contribution in [0.5, 0.6) is 23.0 Å². The van der Waals surface area contributed by atoms with Crippen LogP contribution in [0.3, 0.4) is 0 Å². The van der Waals surface area contributed by atoms with E-state index in [0.29, 0.717) is 44.0 Å². The number of carboxylic acids is 1. The molecular formula is C37H29F2N3O9. The number of nitrogens with zero attached hydrogens (tertiary/aromatic N) is 3. The number of halogens is 2. The molecule has 7 rings (SSSR count). The van der Waals surface area contributed by atoms with Crippen molar-refractivity contribution in [3.05, 3.63) is 117 Å². The molecule has 0 spiro atoms. The molecule has 0 saturated carbocycles. The van der Waals surface area contributed by atoms with Gasteiger partial charge in [-0.15, -0.1) is 0 Å². The number of piperazine rings is 1. The Bertz CT molecular complexity index is 2450. The van der Waals surface area contributed by atoms with Crippen molar-refractivity contribution in [1.82, 2.24) is 9.47 Å². The Morgan fingerprint density at radius 2 is 1.59 bits per heavy atom. The lowest BCUT2D eigenvalue weighted by Crippen LogP contribution is -2.47. The fraction of sp³-hybridized carbons (Fsp3) is 0.162. The van der Waals surface area contributed by atoms with E-state index in [4.69, 9.17) is 9.15 Å². The fourth-order valence-electron chi connectivity index (χ4n) is 6.20. The second-order valence-corrected chi connectivity index (χ2v) is 12.0. The summed E-state index contributed by atoms with van der Waals surface area (Å²) in [5.41, 5.74) is -0.580. The van der Waals surface area contributed by atoms with Crippen molar-refractivity contribution in [1.29, 1.82) is 0 Å². The largest absolute Gasteiger partial charge is 0.507 e. The molecule has 14 heteroatoms. The molecule has 51 heavy (non-hydrogen) atoms. The molecule has 1 aliphatic heterocycles. The number of benzene rings is 4. The van der Waals surface area contributed by atoms with E-state index in [1.165, 1.54) is 71.3 Å². The highest BCUT2D eigenvalue weighted by atomic mass is 19.1. The number of anilines is 1. The van der Waals surface area contributed by atoms with Gasteiger partial charge in [0, 0.05) is 73.8 Å². The zero-order chi connectivity index (χ0) is 36.0. The van der Waals surface area contributed by atoms with Crippen molar-refractivity contribution in [3.63, 3.8) is 0 Å². The van der Waals surface area contributed by atoms with E-state index >= 15 is 4.39 Å². The maximum absolute atomic E-state index is 15.5. The molecule has 0 aliphatic carbocycles. The molecule has 12 nitrogen and oxygen atoms in total. The van der Waals surface area contributed by atoms with Crippen LogP contribution in [0.2, 0.25) is 0 Å². The predicted molar refractivity (Wildman–Crippen MR) is 183 cm³/mol. The van der Waals surface area contributed by atoms with Gasteiger partial charge in [-0.3, -0.25) is 14.5 Å². The molecule has 4 aromatic carbocycles. The normalized spacial score (nSPS) is 13.6. The minimum Gasteiger partial charge on any atom is -0.507 e. The number of ether oxygens (including phenoxy) is 1. The van der Waals surface area contributed by atoms with E-state index in [-0.39, 0.29) is 62.9 Å². The molecule has 0 unspecified atom stereocenters. The number of carboxylic acid groups (broad SMARTS) is 1. The lowest BCUT2D eigenvalue weighted by Gasteiger charge is -2.36. The maximum Gasteiger partial charge on any atom is 0.341 e. The third-order valence-corrected chi connectivity index (χ3v) is 8.84. The van der Waals surface area contributed by atoms with Gasteiger partial charge in [0.15, 0.2) is 16.9 Å². The summed E-state index contributed by atoms with van der Waals surface area (Å²) in [6.07, 6.45) is 1.16. The number of phenols is 3. The van der Waals surface area contributed by atoms with Crippen molar-refractivity contribution in [2.45, 2.75) is 0 Å². The van der Waals surface area contributed by atoms with Crippen LogP contribution in [0.25, 0.3) is 38.9 Å². The number of rotatable bonds is 8. The quantitative estimate of drug-likeness (QED) is 0.157. The van der Waals surface area contributed by atoms with Crippen molar-refractivity contribution in [2.24, 2.45) is 0 Å². The summed E-state index contributed by atoms with van der Waals surface area (Å²) in [4.78, 5) is 41.5. The van der Waals surface area contributed by atoms with Crippen molar-refractivity contribution in [3.8, 4) is 40.0 Å². The number of aromatic nitrogens is 1. The first-order valence-electron chi connectivity index (χ1n) is 15.8. The standard InChI is InChI=1S/C37H29F2N3O9/c38-21-2-4-22(5-3-21)42-19-25(37(48)49)36(47)24-16-26(39)28(17-27(24)42)41-9-7-40(8-10-41)11-12-50-23-14-31(45)35-32(46)18-33(51-34(35)15-23)20-1-6-29(43)30(44)13-20/h1-6,13-19,43-45H,7-12H2,(H,48,49). The minimum absolute atomic E-state index is 0.0388. The number of hydrogen-bond acceptors (Lipinski definition) is 10. The molecule has 1 aliphatic rings. The third-order valence-electron chi connectivity index (χ3n) is 8.84. The number of aromatic carboxylic acids is 1. The van der Waals surface area contributed by atoms with E-state index < -0.39 is 34.0 Å². The number of carbonyl (C=O) groups is 1. The Hall–Kier alpha value is -6.41. The van der Waals surface area contributed by atoms with Crippen molar-refractivity contribution in [2.75, 3.05) is 44.2 Å². The molecular weight excluding hydrogens is 668 g/mol. The second-order valence-electron chi connectivity index (χ2n) is 12.0. The molecule has 3 heterocycles. The lowest BCUT2D eigenvalue weighted by molar-refractivity contribution is 0.0695. The van der Waals surface area contributed by atoms with Gasteiger partial charge in [-0.05, 0) is 54.6 Å². The van der Waals surface area contributed by atoms with Crippen LogP contribution < -0.4 is 20.5 Å². The van der Waals surface area contributed by atoms with Gasteiger partial charge in [-0.25, -0.2) is 13.6 Å². The summed E-state index contributed by atoms with van der Waals surface area (Å²) in [5.74, 6) is -3.32. The van der Waals surface area contributed by atoms with Crippen molar-refractivity contribution >= 4 is 33.5 Å². The maximum atomic E-state index is 15.5. The van der Waals surface area contributed by atoms with Crippen LogP contribution in [0.15, 0.2) is 93.0 Å². The Labute approximate surface area is 286 Å². The first-order valence-corrected chi connectivity index (χ1v) is 15.8. The second kappa shape index (κ2) is 13.1. The third kappa shape index (κ3) is 6.39. The van der Waals surface area contributed by atoms with Gasteiger partial charge in [0.1, 0.15) is 52.0 Å². The van der Waals surface area contributed by atoms with Crippen molar-refractivity contribution < 1.29 is 43.2 Å². The number of hydrogen-bond donors (Lipinski definition) is 4. The first-order chi connectivity index (χ1) is 24.5. The fourth-order valence-corrected chi connectivity index (χ4v) is 6.20. The lowest BCUT2D eigenvalue weighted by atomic mass is 10.1. The number of phenolic OH excluding ortho intramolecular Hbond substituents is 3. The molecule has 0 radical (unpaired) electrons. The van der Waals surface area contributed by atoms with Gasteiger partial charge in [0.05, 0.1) is 11.2 Å². The van der Waals surface area contributed by atoms with Crippen LogP contribution in [0.4, 0.5) is 14.5 Å². The average molecular weight is 698 g/mol. The topological polar surface area (TPSA) is 166 Å². The molecule has 6 aromatic rings. The average Bonchev–Trinajstić information content (AvgIpc) is 3.10.